The average Bonchev–Trinajstić information content (AvgIpc) is 2.28. The van der Waals surface area contributed by atoms with Crippen LogP contribution in [0.1, 0.15) is 18.1 Å². The van der Waals surface area contributed by atoms with Gasteiger partial charge in [0.1, 0.15) is 11.9 Å². The molecule has 84 valence electrons. The largest absolute Gasteiger partial charge is 0.496 e. The lowest BCUT2D eigenvalue weighted by Crippen LogP contribution is -2.12. The van der Waals surface area contributed by atoms with E-state index in [1.807, 2.05) is 0 Å². The van der Waals surface area contributed by atoms with Gasteiger partial charge >= 0.3 is 0 Å². The van der Waals surface area contributed by atoms with Gasteiger partial charge in [-0.25, -0.2) is 0 Å². The number of benzene rings is 1. The smallest absolute Gasteiger partial charge is 0.162 e. The molecule has 0 amide bonds. The number of methoxy groups -OCH3 is 1. The van der Waals surface area contributed by atoms with Crippen LogP contribution in [0.2, 0.25) is 5.02 Å². The fourth-order valence-electron chi connectivity index (χ4n) is 1.69. The summed E-state index contributed by atoms with van der Waals surface area (Å²) in [5, 5.41) is 0.549. The van der Waals surface area contributed by atoms with E-state index in [1.54, 1.807) is 25.3 Å². The van der Waals surface area contributed by atoms with E-state index in [0.29, 0.717) is 10.8 Å². The zero-order valence-electron chi connectivity index (χ0n) is 8.77. The van der Waals surface area contributed by atoms with Crippen LogP contribution in [-0.2, 0) is 9.53 Å². The van der Waals surface area contributed by atoms with Crippen molar-refractivity contribution in [1.82, 2.24) is 0 Å². The number of hydrogen-bond donors (Lipinski definition) is 0. The molecular weight excluding hydrogens is 228 g/mol. The van der Waals surface area contributed by atoms with Gasteiger partial charge in [0, 0.05) is 6.08 Å². The third-order valence-corrected chi connectivity index (χ3v) is 2.77. The van der Waals surface area contributed by atoms with Crippen molar-refractivity contribution in [2.24, 2.45) is 0 Å². The molecule has 0 aromatic heterocycles. The van der Waals surface area contributed by atoms with Gasteiger partial charge in [-0.15, -0.1) is 0 Å². The molecule has 0 fully saturated rings. The van der Waals surface area contributed by atoms with Crippen LogP contribution in [0.4, 0.5) is 0 Å². The van der Waals surface area contributed by atoms with Gasteiger partial charge in [0.15, 0.2) is 5.78 Å². The second-order valence-electron chi connectivity index (χ2n) is 3.45. The summed E-state index contributed by atoms with van der Waals surface area (Å²) >= 11 is 6.09. The first kappa shape index (κ1) is 11.0. The molecule has 1 aliphatic rings. The minimum atomic E-state index is -0.360. The molecule has 0 aliphatic carbocycles. The van der Waals surface area contributed by atoms with Crippen LogP contribution in [0.3, 0.4) is 0 Å². The average molecular weight is 239 g/mol. The Morgan fingerprint density at radius 2 is 2.31 bits per heavy atom. The molecule has 3 nitrogen and oxygen atoms in total. The summed E-state index contributed by atoms with van der Waals surface area (Å²) < 4.78 is 10.6. The number of hydrogen-bond acceptors (Lipinski definition) is 3. The molecule has 0 N–H and O–H groups in total. The maximum atomic E-state index is 11.3. The van der Waals surface area contributed by atoms with Crippen LogP contribution in [0, 0.1) is 0 Å². The van der Waals surface area contributed by atoms with E-state index in [2.05, 4.69) is 0 Å². The van der Waals surface area contributed by atoms with E-state index >= 15 is 0 Å². The van der Waals surface area contributed by atoms with Crippen LogP contribution >= 0.6 is 11.6 Å². The van der Waals surface area contributed by atoms with Crippen molar-refractivity contribution in [3.8, 4) is 5.75 Å². The van der Waals surface area contributed by atoms with Crippen LogP contribution in [-0.4, -0.2) is 12.9 Å². The molecule has 1 unspecified atom stereocenters. The minimum absolute atomic E-state index is 0.0261. The van der Waals surface area contributed by atoms with Crippen LogP contribution in [0.5, 0.6) is 5.75 Å². The monoisotopic (exact) mass is 238 g/mol. The predicted molar refractivity (Wildman–Crippen MR) is 60.6 cm³/mol. The fraction of sp³-hybridized carbons (Fsp3) is 0.250. The Kier molecular flexibility index (Phi) is 3.15. The van der Waals surface area contributed by atoms with E-state index in [1.165, 1.54) is 12.3 Å². The summed E-state index contributed by atoms with van der Waals surface area (Å²) in [4.78, 5) is 11.3. The quantitative estimate of drug-likeness (QED) is 0.795. The van der Waals surface area contributed by atoms with Gasteiger partial charge < -0.3 is 9.47 Å². The van der Waals surface area contributed by atoms with Crippen molar-refractivity contribution in [2.75, 3.05) is 7.11 Å². The summed E-state index contributed by atoms with van der Waals surface area (Å²) in [6.45, 7) is 0. The van der Waals surface area contributed by atoms with Gasteiger partial charge in [-0.2, -0.15) is 0 Å². The molecule has 0 bridgehead atoms. The van der Waals surface area contributed by atoms with E-state index in [9.17, 15) is 4.79 Å². The second-order valence-corrected chi connectivity index (χ2v) is 3.86. The van der Waals surface area contributed by atoms with E-state index in [0.717, 1.165) is 5.56 Å². The lowest BCUT2D eigenvalue weighted by molar-refractivity contribution is -0.118. The molecule has 1 aromatic carbocycles. The first-order valence-corrected chi connectivity index (χ1v) is 5.27. The Morgan fingerprint density at radius 1 is 1.50 bits per heavy atom. The highest BCUT2D eigenvalue weighted by Crippen LogP contribution is 2.37. The molecule has 1 heterocycles. The third-order valence-electron chi connectivity index (χ3n) is 2.44. The molecule has 1 aliphatic heterocycles. The Balaban J connectivity index is 2.39. The van der Waals surface area contributed by atoms with E-state index in [4.69, 9.17) is 21.1 Å². The van der Waals surface area contributed by atoms with E-state index < -0.39 is 0 Å². The molecule has 0 spiro atoms. The molecule has 16 heavy (non-hydrogen) atoms. The summed E-state index contributed by atoms with van der Waals surface area (Å²) in [6, 6.07) is 5.35. The zero-order valence-corrected chi connectivity index (χ0v) is 9.53. The number of halogens is 1. The second kappa shape index (κ2) is 4.58. The molecule has 1 aromatic rings. The number of ketones is 1. The molecular formula is C12H11ClO3. The summed E-state index contributed by atoms with van der Waals surface area (Å²) in [5.41, 5.74) is 0.726. The van der Waals surface area contributed by atoms with Crippen LogP contribution in [0.15, 0.2) is 30.5 Å². The van der Waals surface area contributed by atoms with Gasteiger partial charge in [0.2, 0.25) is 0 Å². The van der Waals surface area contributed by atoms with Crippen molar-refractivity contribution < 1.29 is 14.3 Å². The third kappa shape index (κ3) is 2.04. The standard InChI is InChI=1S/C12H11ClO3/c1-15-10-4-2-3-9(13)12(10)11-7-8(14)5-6-16-11/h2-6,11H,7H2,1H3. The van der Waals surface area contributed by atoms with Crippen molar-refractivity contribution in [3.63, 3.8) is 0 Å². The molecule has 2 rings (SSSR count). The predicted octanol–water partition coefficient (Wildman–Crippen LogP) is 2.89. The number of ether oxygens (including phenoxy) is 2. The molecule has 0 radical (unpaired) electrons. The topological polar surface area (TPSA) is 35.5 Å². The van der Waals surface area contributed by atoms with Gasteiger partial charge in [-0.05, 0) is 12.1 Å². The first-order valence-electron chi connectivity index (χ1n) is 4.89. The maximum absolute atomic E-state index is 11.3. The zero-order chi connectivity index (χ0) is 11.5. The Hall–Kier alpha value is -1.48. The van der Waals surface area contributed by atoms with Gasteiger partial charge in [0.25, 0.3) is 0 Å². The van der Waals surface area contributed by atoms with Crippen molar-refractivity contribution >= 4 is 17.4 Å². The summed E-state index contributed by atoms with van der Waals surface area (Å²) in [6.07, 6.45) is 2.75. The normalized spacial score (nSPS) is 19.4. The highest BCUT2D eigenvalue weighted by molar-refractivity contribution is 6.31. The Bertz CT molecular complexity index is 440. The highest BCUT2D eigenvalue weighted by Gasteiger charge is 2.24. The van der Waals surface area contributed by atoms with Crippen molar-refractivity contribution in [3.05, 3.63) is 41.1 Å². The van der Waals surface area contributed by atoms with E-state index in [-0.39, 0.29) is 18.3 Å². The molecule has 1 atom stereocenters. The maximum Gasteiger partial charge on any atom is 0.162 e. The number of allylic oxidation sites excluding steroid dienone is 1. The van der Waals surface area contributed by atoms with Gasteiger partial charge in [-0.3, -0.25) is 4.79 Å². The van der Waals surface area contributed by atoms with Crippen LogP contribution < -0.4 is 4.74 Å². The summed E-state index contributed by atoms with van der Waals surface area (Å²) in [5.74, 6) is 0.666. The fourth-order valence-corrected chi connectivity index (χ4v) is 1.97. The summed E-state index contributed by atoms with van der Waals surface area (Å²) in [7, 11) is 1.57. The van der Waals surface area contributed by atoms with Crippen LogP contribution in [0.25, 0.3) is 0 Å². The molecule has 4 heteroatoms. The first-order chi connectivity index (χ1) is 7.72. The van der Waals surface area contributed by atoms with Crippen molar-refractivity contribution in [1.29, 1.82) is 0 Å². The lowest BCUT2D eigenvalue weighted by atomic mass is 10.0. The Morgan fingerprint density at radius 3 is 3.00 bits per heavy atom. The SMILES string of the molecule is COc1cccc(Cl)c1C1CC(=O)C=CO1. The Labute approximate surface area is 98.6 Å². The number of carbonyl (C=O) groups excluding carboxylic acids is 1. The number of rotatable bonds is 2. The molecule has 0 saturated carbocycles. The highest BCUT2D eigenvalue weighted by atomic mass is 35.5. The van der Waals surface area contributed by atoms with Gasteiger partial charge in [-0.1, -0.05) is 17.7 Å². The van der Waals surface area contributed by atoms with Gasteiger partial charge in [0.05, 0.1) is 30.4 Å². The minimum Gasteiger partial charge on any atom is -0.496 e. The van der Waals surface area contributed by atoms with Crippen molar-refractivity contribution in [2.45, 2.75) is 12.5 Å². The molecule has 0 saturated heterocycles. The number of carbonyl (C=O) groups is 1. The lowest BCUT2D eigenvalue weighted by Gasteiger charge is -2.21.